The minimum atomic E-state index is -0.426. The molecule has 0 aromatic heterocycles. The molecule has 2 aromatic rings. The monoisotopic (exact) mass is 292 g/mol. The summed E-state index contributed by atoms with van der Waals surface area (Å²) in [6, 6.07) is 15.1. The largest absolute Gasteiger partial charge is 0.207 e. The summed E-state index contributed by atoms with van der Waals surface area (Å²) < 4.78 is 26.9. The lowest BCUT2D eigenvalue weighted by Gasteiger charge is -2.08. The van der Waals surface area contributed by atoms with Crippen molar-refractivity contribution in [2.45, 2.75) is 0 Å². The molecule has 0 amide bonds. The summed E-state index contributed by atoms with van der Waals surface area (Å²) >= 11 is 0. The van der Waals surface area contributed by atoms with Crippen LogP contribution in [0.4, 0.5) is 8.78 Å². The third-order valence-corrected chi connectivity index (χ3v) is 2.93. The second-order valence-electron chi connectivity index (χ2n) is 4.40. The van der Waals surface area contributed by atoms with Crippen molar-refractivity contribution in [2.75, 3.05) is 0 Å². The minimum absolute atomic E-state index is 0.0923. The fraction of sp³-hybridized carbons (Fsp3) is 0. The van der Waals surface area contributed by atoms with Gasteiger partial charge in [-0.05, 0) is 47.0 Å². The van der Waals surface area contributed by atoms with E-state index in [1.807, 2.05) is 0 Å². The number of benzene rings is 2. The maximum absolute atomic E-state index is 13.4. The molecule has 0 aliphatic heterocycles. The lowest BCUT2D eigenvalue weighted by molar-refractivity contribution is 0.627. The summed E-state index contributed by atoms with van der Waals surface area (Å²) in [6.07, 6.45) is 2.83. The van der Waals surface area contributed by atoms with Gasteiger partial charge in [-0.15, -0.1) is 0 Å². The predicted octanol–water partition coefficient (Wildman–Crippen LogP) is 4.37. The number of halogens is 2. The van der Waals surface area contributed by atoms with Gasteiger partial charge >= 0.3 is 0 Å². The van der Waals surface area contributed by atoms with Crippen molar-refractivity contribution in [1.82, 2.24) is 0 Å². The first-order chi connectivity index (χ1) is 10.6. The molecule has 22 heavy (non-hydrogen) atoms. The maximum atomic E-state index is 13.4. The molecular formula is C18H10F2N2. The van der Waals surface area contributed by atoms with Gasteiger partial charge in [-0.2, -0.15) is 10.5 Å². The molecule has 2 rings (SSSR count). The molecule has 2 nitrogen and oxygen atoms in total. The van der Waals surface area contributed by atoms with Gasteiger partial charge in [0.1, 0.15) is 29.3 Å². The summed E-state index contributed by atoms with van der Waals surface area (Å²) in [6.45, 7) is 0. The molecule has 106 valence electrons. The van der Waals surface area contributed by atoms with Crippen LogP contribution in [0.15, 0.2) is 66.3 Å². The second kappa shape index (κ2) is 6.97. The molecule has 0 heterocycles. The SMILES string of the molecule is N#CC(C#N)=CC=C(c1cccc(F)c1)c1cccc(F)c1. The van der Waals surface area contributed by atoms with E-state index >= 15 is 0 Å². The molecule has 0 N–H and O–H groups in total. The number of allylic oxidation sites excluding steroid dienone is 3. The number of hydrogen-bond donors (Lipinski definition) is 0. The van der Waals surface area contributed by atoms with Crippen LogP contribution in [0, 0.1) is 34.3 Å². The van der Waals surface area contributed by atoms with Gasteiger partial charge in [-0.1, -0.05) is 30.3 Å². The zero-order valence-corrected chi connectivity index (χ0v) is 11.4. The van der Waals surface area contributed by atoms with Gasteiger partial charge in [0.05, 0.1) is 0 Å². The first kappa shape index (κ1) is 15.2. The standard InChI is InChI=1S/C18H10F2N2/c19-16-5-1-3-14(9-16)18(8-7-13(11-21)12-22)15-4-2-6-17(20)10-15/h1-10H. The smallest absolute Gasteiger partial charge is 0.129 e. The molecule has 4 heteroatoms. The Morgan fingerprint density at radius 1 is 0.818 bits per heavy atom. The van der Waals surface area contributed by atoms with Crippen molar-refractivity contribution in [3.63, 3.8) is 0 Å². The molecule has 0 aliphatic rings. The quantitative estimate of drug-likeness (QED) is 0.623. The Kier molecular flexibility index (Phi) is 4.80. The van der Waals surface area contributed by atoms with Gasteiger partial charge in [-0.25, -0.2) is 8.78 Å². The normalized spacial score (nSPS) is 9.27. The second-order valence-corrected chi connectivity index (χ2v) is 4.40. The van der Waals surface area contributed by atoms with Crippen LogP contribution in [0.5, 0.6) is 0 Å². The van der Waals surface area contributed by atoms with Gasteiger partial charge in [0, 0.05) is 0 Å². The first-order valence-electron chi connectivity index (χ1n) is 6.38. The van der Waals surface area contributed by atoms with E-state index in [0.29, 0.717) is 16.7 Å². The third-order valence-electron chi connectivity index (χ3n) is 2.93. The number of hydrogen-bond acceptors (Lipinski definition) is 2. The highest BCUT2D eigenvalue weighted by molar-refractivity contribution is 5.81. The lowest BCUT2D eigenvalue weighted by Crippen LogP contribution is -1.90. The molecule has 0 atom stereocenters. The Bertz CT molecular complexity index is 773. The molecule has 0 radical (unpaired) electrons. The summed E-state index contributed by atoms with van der Waals surface area (Å²) in [5.74, 6) is -0.853. The number of rotatable bonds is 3. The van der Waals surface area contributed by atoms with Gasteiger partial charge in [0.2, 0.25) is 0 Å². The molecular weight excluding hydrogens is 282 g/mol. The van der Waals surface area contributed by atoms with Gasteiger partial charge in [0.25, 0.3) is 0 Å². The minimum Gasteiger partial charge on any atom is -0.207 e. The van der Waals surface area contributed by atoms with Crippen LogP contribution >= 0.6 is 0 Å². The van der Waals surface area contributed by atoms with Crippen molar-refractivity contribution in [1.29, 1.82) is 10.5 Å². The van der Waals surface area contributed by atoms with Gasteiger partial charge in [-0.3, -0.25) is 0 Å². The topological polar surface area (TPSA) is 47.6 Å². The molecule has 0 aliphatic carbocycles. The first-order valence-corrected chi connectivity index (χ1v) is 6.38. The Hall–Kier alpha value is -3.24. The number of nitrogens with zero attached hydrogens (tertiary/aromatic N) is 2. The van der Waals surface area contributed by atoms with E-state index in [4.69, 9.17) is 10.5 Å². The van der Waals surface area contributed by atoms with Gasteiger partial charge in [0.15, 0.2) is 0 Å². The van der Waals surface area contributed by atoms with Crippen LogP contribution < -0.4 is 0 Å². The summed E-state index contributed by atoms with van der Waals surface area (Å²) in [4.78, 5) is 0. The van der Waals surface area contributed by atoms with Gasteiger partial charge < -0.3 is 0 Å². The van der Waals surface area contributed by atoms with Crippen LogP contribution in [0.2, 0.25) is 0 Å². The Labute approximate surface area is 126 Å². The van der Waals surface area contributed by atoms with E-state index in [2.05, 4.69) is 0 Å². The molecule has 0 bridgehead atoms. The van der Waals surface area contributed by atoms with Crippen LogP contribution in [0.3, 0.4) is 0 Å². The van der Waals surface area contributed by atoms with Crippen molar-refractivity contribution in [2.24, 2.45) is 0 Å². The van der Waals surface area contributed by atoms with Crippen molar-refractivity contribution in [3.05, 3.63) is 89.0 Å². The van der Waals surface area contributed by atoms with E-state index in [0.717, 1.165) is 0 Å². The molecule has 0 unspecified atom stereocenters. The van der Waals surface area contributed by atoms with E-state index < -0.39 is 11.6 Å². The third kappa shape index (κ3) is 3.65. The summed E-state index contributed by atoms with van der Waals surface area (Å²) in [5.41, 5.74) is 1.47. The predicted molar refractivity (Wildman–Crippen MR) is 79.2 cm³/mol. The van der Waals surface area contributed by atoms with Crippen molar-refractivity contribution >= 4 is 5.57 Å². The molecule has 0 saturated carbocycles. The molecule has 0 saturated heterocycles. The fourth-order valence-corrected chi connectivity index (χ4v) is 1.94. The fourth-order valence-electron chi connectivity index (χ4n) is 1.94. The Morgan fingerprint density at radius 3 is 1.73 bits per heavy atom. The Balaban J connectivity index is 2.61. The molecule has 2 aromatic carbocycles. The van der Waals surface area contributed by atoms with Crippen LogP contribution in [0.25, 0.3) is 5.57 Å². The lowest BCUT2D eigenvalue weighted by atomic mass is 9.97. The number of nitriles is 2. The van der Waals surface area contributed by atoms with Crippen molar-refractivity contribution < 1.29 is 8.78 Å². The van der Waals surface area contributed by atoms with E-state index in [9.17, 15) is 8.78 Å². The van der Waals surface area contributed by atoms with Crippen LogP contribution in [-0.2, 0) is 0 Å². The highest BCUT2D eigenvalue weighted by Gasteiger charge is 2.07. The highest BCUT2D eigenvalue weighted by atomic mass is 19.1. The average molecular weight is 292 g/mol. The van der Waals surface area contributed by atoms with E-state index in [1.165, 1.54) is 48.6 Å². The summed E-state index contributed by atoms with van der Waals surface area (Å²) in [5, 5.41) is 17.6. The molecule has 0 fully saturated rings. The van der Waals surface area contributed by atoms with Crippen molar-refractivity contribution in [3.8, 4) is 12.1 Å². The van der Waals surface area contributed by atoms with E-state index in [-0.39, 0.29) is 5.57 Å². The summed E-state index contributed by atoms with van der Waals surface area (Å²) in [7, 11) is 0. The van der Waals surface area contributed by atoms with Crippen LogP contribution in [-0.4, -0.2) is 0 Å². The van der Waals surface area contributed by atoms with E-state index in [1.54, 1.807) is 24.3 Å². The average Bonchev–Trinajstić information content (AvgIpc) is 2.52. The zero-order chi connectivity index (χ0) is 15.9. The van der Waals surface area contributed by atoms with Crippen LogP contribution in [0.1, 0.15) is 11.1 Å². The highest BCUT2D eigenvalue weighted by Crippen LogP contribution is 2.25. The zero-order valence-electron chi connectivity index (χ0n) is 11.4. The maximum Gasteiger partial charge on any atom is 0.129 e. The Morgan fingerprint density at radius 2 is 1.32 bits per heavy atom. The molecule has 0 spiro atoms.